The van der Waals surface area contributed by atoms with E-state index in [4.69, 9.17) is 17.3 Å². The van der Waals surface area contributed by atoms with Crippen LogP contribution in [0.15, 0.2) is 30.5 Å². The molecule has 0 atom stereocenters. The molecule has 3 nitrogen and oxygen atoms in total. The third kappa shape index (κ3) is 2.43. The molecule has 0 fully saturated rings. The van der Waals surface area contributed by atoms with E-state index in [-0.39, 0.29) is 0 Å². The Morgan fingerprint density at radius 2 is 2.19 bits per heavy atom. The van der Waals surface area contributed by atoms with Crippen LogP contribution in [0.4, 0.5) is 5.82 Å². The molecule has 0 aliphatic rings. The van der Waals surface area contributed by atoms with Gasteiger partial charge in [-0.15, -0.1) is 0 Å². The fourth-order valence-corrected chi connectivity index (χ4v) is 1.76. The van der Waals surface area contributed by atoms with E-state index >= 15 is 0 Å². The summed E-state index contributed by atoms with van der Waals surface area (Å²) in [6, 6.07) is 7.77. The predicted molar refractivity (Wildman–Crippen MR) is 68.9 cm³/mol. The Kier molecular flexibility index (Phi) is 3.59. The van der Waals surface area contributed by atoms with Gasteiger partial charge in [0, 0.05) is 23.2 Å². The zero-order chi connectivity index (χ0) is 11.4. The van der Waals surface area contributed by atoms with Gasteiger partial charge in [0.25, 0.3) is 0 Å². The zero-order valence-corrected chi connectivity index (χ0v) is 9.67. The topological polar surface area (TPSA) is 50.9 Å². The van der Waals surface area contributed by atoms with Gasteiger partial charge < -0.3 is 11.1 Å². The van der Waals surface area contributed by atoms with Crippen molar-refractivity contribution in [1.29, 1.82) is 0 Å². The highest BCUT2D eigenvalue weighted by molar-refractivity contribution is 6.31. The third-order valence-electron chi connectivity index (χ3n) is 2.40. The van der Waals surface area contributed by atoms with E-state index in [9.17, 15) is 0 Å². The minimum absolute atomic E-state index is 0.679. The molecule has 0 aliphatic carbocycles. The van der Waals surface area contributed by atoms with Crippen LogP contribution in [0.1, 0.15) is 6.42 Å². The summed E-state index contributed by atoms with van der Waals surface area (Å²) in [6.45, 7) is 1.51. The fraction of sp³-hybridized carbons (Fsp3) is 0.250. The summed E-state index contributed by atoms with van der Waals surface area (Å²) in [7, 11) is 0. The molecule has 0 radical (unpaired) electrons. The molecule has 4 heteroatoms. The van der Waals surface area contributed by atoms with Gasteiger partial charge in [0.05, 0.1) is 0 Å². The number of nitrogens with zero attached hydrogens (tertiary/aromatic N) is 1. The number of nitrogens with two attached hydrogens (primary N) is 1. The monoisotopic (exact) mass is 235 g/mol. The lowest BCUT2D eigenvalue weighted by Gasteiger charge is -2.08. The number of halogens is 1. The Balaban J connectivity index is 2.32. The summed E-state index contributed by atoms with van der Waals surface area (Å²) in [5.41, 5.74) is 5.45. The van der Waals surface area contributed by atoms with Crippen molar-refractivity contribution in [2.75, 3.05) is 18.4 Å². The van der Waals surface area contributed by atoms with Crippen molar-refractivity contribution in [2.24, 2.45) is 5.73 Å². The Labute approximate surface area is 99.6 Å². The van der Waals surface area contributed by atoms with Gasteiger partial charge in [-0.05, 0) is 36.6 Å². The first-order chi connectivity index (χ1) is 7.81. The predicted octanol–water partition coefficient (Wildman–Crippen LogP) is 2.65. The van der Waals surface area contributed by atoms with Crippen molar-refractivity contribution in [3.05, 3.63) is 35.5 Å². The largest absolute Gasteiger partial charge is 0.370 e. The van der Waals surface area contributed by atoms with Crippen LogP contribution >= 0.6 is 11.6 Å². The molecule has 0 aliphatic heterocycles. The van der Waals surface area contributed by atoms with Gasteiger partial charge in [-0.2, -0.15) is 0 Å². The SMILES string of the molecule is NCCCNc1nccc2ccc(Cl)cc12. The van der Waals surface area contributed by atoms with Crippen molar-refractivity contribution >= 4 is 28.2 Å². The summed E-state index contributed by atoms with van der Waals surface area (Å²) in [6.07, 6.45) is 2.72. The molecule has 0 bridgehead atoms. The number of anilines is 1. The van der Waals surface area contributed by atoms with Crippen molar-refractivity contribution in [3.8, 4) is 0 Å². The van der Waals surface area contributed by atoms with E-state index in [0.29, 0.717) is 6.54 Å². The number of fused-ring (bicyclic) bond motifs is 1. The summed E-state index contributed by atoms with van der Waals surface area (Å²) in [5.74, 6) is 0.869. The Morgan fingerprint density at radius 3 is 3.00 bits per heavy atom. The van der Waals surface area contributed by atoms with Gasteiger partial charge in [0.2, 0.25) is 0 Å². The zero-order valence-electron chi connectivity index (χ0n) is 8.91. The van der Waals surface area contributed by atoms with Crippen LogP contribution < -0.4 is 11.1 Å². The summed E-state index contributed by atoms with van der Waals surface area (Å²) in [5, 5.41) is 6.17. The van der Waals surface area contributed by atoms with Crippen LogP contribution in [0.5, 0.6) is 0 Å². The average Bonchev–Trinajstić information content (AvgIpc) is 2.30. The molecular weight excluding hydrogens is 222 g/mol. The van der Waals surface area contributed by atoms with Gasteiger partial charge in [-0.25, -0.2) is 4.98 Å². The van der Waals surface area contributed by atoms with Crippen molar-refractivity contribution in [3.63, 3.8) is 0 Å². The second-order valence-electron chi connectivity index (χ2n) is 3.59. The Hall–Kier alpha value is -1.32. The molecule has 2 aromatic rings. The molecule has 3 N–H and O–H groups in total. The highest BCUT2D eigenvalue weighted by Crippen LogP contribution is 2.24. The van der Waals surface area contributed by atoms with Crippen molar-refractivity contribution in [1.82, 2.24) is 4.98 Å². The number of nitrogens with one attached hydrogen (secondary N) is 1. The minimum Gasteiger partial charge on any atom is -0.370 e. The van der Waals surface area contributed by atoms with Crippen LogP contribution in [0, 0.1) is 0 Å². The number of aromatic nitrogens is 1. The van der Waals surface area contributed by atoms with E-state index in [1.807, 2.05) is 24.3 Å². The molecule has 0 saturated heterocycles. The molecule has 0 unspecified atom stereocenters. The van der Waals surface area contributed by atoms with Crippen LogP contribution in [0.25, 0.3) is 10.8 Å². The minimum atomic E-state index is 0.679. The van der Waals surface area contributed by atoms with Gasteiger partial charge in [-0.3, -0.25) is 0 Å². The Bertz CT molecular complexity index is 485. The second-order valence-corrected chi connectivity index (χ2v) is 4.03. The first kappa shape index (κ1) is 11.2. The second kappa shape index (κ2) is 5.14. The van der Waals surface area contributed by atoms with E-state index in [2.05, 4.69) is 10.3 Å². The molecule has 0 spiro atoms. The highest BCUT2D eigenvalue weighted by Gasteiger charge is 2.01. The molecule has 1 aromatic heterocycles. The van der Waals surface area contributed by atoms with Gasteiger partial charge >= 0.3 is 0 Å². The molecule has 2 rings (SSSR count). The van der Waals surface area contributed by atoms with Crippen molar-refractivity contribution in [2.45, 2.75) is 6.42 Å². The van der Waals surface area contributed by atoms with E-state index < -0.39 is 0 Å². The quantitative estimate of drug-likeness (QED) is 0.801. The number of hydrogen-bond acceptors (Lipinski definition) is 3. The van der Waals surface area contributed by atoms with Gasteiger partial charge in [0.15, 0.2) is 0 Å². The molecule has 16 heavy (non-hydrogen) atoms. The summed E-state index contributed by atoms with van der Waals surface area (Å²) < 4.78 is 0. The molecule has 1 heterocycles. The highest BCUT2D eigenvalue weighted by atomic mass is 35.5. The van der Waals surface area contributed by atoms with Gasteiger partial charge in [0.1, 0.15) is 5.82 Å². The smallest absolute Gasteiger partial charge is 0.133 e. The first-order valence-electron chi connectivity index (χ1n) is 5.29. The maximum atomic E-state index is 5.98. The Morgan fingerprint density at radius 1 is 1.31 bits per heavy atom. The maximum absolute atomic E-state index is 5.98. The number of benzene rings is 1. The van der Waals surface area contributed by atoms with Gasteiger partial charge in [-0.1, -0.05) is 17.7 Å². The van der Waals surface area contributed by atoms with Crippen LogP contribution in [0.3, 0.4) is 0 Å². The summed E-state index contributed by atoms with van der Waals surface area (Å²) >= 11 is 5.98. The van der Waals surface area contributed by atoms with E-state index in [1.54, 1.807) is 6.20 Å². The standard InChI is InChI=1S/C12H14ClN3/c13-10-3-2-9-4-7-16-12(11(9)8-10)15-6-1-5-14/h2-4,7-8H,1,5-6,14H2,(H,15,16). The van der Waals surface area contributed by atoms with E-state index in [1.165, 1.54) is 0 Å². The lowest BCUT2D eigenvalue weighted by Crippen LogP contribution is -2.09. The number of rotatable bonds is 4. The van der Waals surface area contributed by atoms with Crippen LogP contribution in [-0.4, -0.2) is 18.1 Å². The molecule has 0 amide bonds. The molecular formula is C12H14ClN3. The average molecular weight is 236 g/mol. The number of hydrogen-bond donors (Lipinski definition) is 2. The first-order valence-corrected chi connectivity index (χ1v) is 5.67. The molecule has 1 aromatic carbocycles. The van der Waals surface area contributed by atoms with Crippen molar-refractivity contribution < 1.29 is 0 Å². The summed E-state index contributed by atoms with van der Waals surface area (Å²) in [4.78, 5) is 4.31. The van der Waals surface area contributed by atoms with Crippen LogP contribution in [-0.2, 0) is 0 Å². The lowest BCUT2D eigenvalue weighted by molar-refractivity contribution is 0.871. The third-order valence-corrected chi connectivity index (χ3v) is 2.64. The van der Waals surface area contributed by atoms with E-state index in [0.717, 1.165) is 34.6 Å². The molecule has 0 saturated carbocycles. The van der Waals surface area contributed by atoms with Crippen LogP contribution in [0.2, 0.25) is 5.02 Å². The normalized spacial score (nSPS) is 10.6. The molecule has 84 valence electrons. The number of pyridine rings is 1. The maximum Gasteiger partial charge on any atom is 0.133 e. The lowest BCUT2D eigenvalue weighted by atomic mass is 10.1. The fourth-order valence-electron chi connectivity index (χ4n) is 1.59.